The molecule has 0 atom stereocenters. The summed E-state index contributed by atoms with van der Waals surface area (Å²) >= 11 is 0. The van der Waals surface area contributed by atoms with E-state index in [9.17, 15) is 0 Å². The first-order chi connectivity index (χ1) is 12.2. The molecule has 2 heteroatoms. The van der Waals surface area contributed by atoms with Gasteiger partial charge in [0.05, 0.1) is 11.9 Å². The molecule has 0 amide bonds. The monoisotopic (exact) mass is 330 g/mol. The molecule has 0 spiro atoms. The molecule has 1 heterocycles. The molecule has 128 valence electrons. The van der Waals surface area contributed by atoms with Gasteiger partial charge in [-0.1, -0.05) is 43.2 Å². The minimum absolute atomic E-state index is 1.03. The van der Waals surface area contributed by atoms with E-state index in [1.807, 2.05) is 13.1 Å². The molecule has 2 aromatic carbocycles. The molecule has 0 radical (unpaired) electrons. The van der Waals surface area contributed by atoms with Gasteiger partial charge in [-0.25, -0.2) is 0 Å². The maximum atomic E-state index is 4.48. The van der Waals surface area contributed by atoms with E-state index in [1.54, 1.807) is 0 Å². The number of hydrogen-bond donors (Lipinski definition) is 0. The molecule has 3 aromatic rings. The van der Waals surface area contributed by atoms with Crippen molar-refractivity contribution < 1.29 is 0 Å². The smallest absolute Gasteiger partial charge is 0.0645 e. The van der Waals surface area contributed by atoms with Crippen molar-refractivity contribution in [2.75, 3.05) is 4.90 Å². The van der Waals surface area contributed by atoms with Crippen LogP contribution in [0.25, 0.3) is 0 Å². The lowest BCUT2D eigenvalue weighted by atomic mass is 10.1. The second kappa shape index (κ2) is 7.98. The van der Waals surface area contributed by atoms with Crippen LogP contribution in [0.3, 0.4) is 0 Å². The largest absolute Gasteiger partial charge is 0.309 e. The maximum Gasteiger partial charge on any atom is 0.0645 e. The highest BCUT2D eigenvalue weighted by Crippen LogP contribution is 2.34. The number of benzene rings is 2. The van der Waals surface area contributed by atoms with Crippen LogP contribution < -0.4 is 4.90 Å². The summed E-state index contributed by atoms with van der Waals surface area (Å²) in [6.45, 7) is 6.37. The topological polar surface area (TPSA) is 16.1 Å². The predicted molar refractivity (Wildman–Crippen MR) is 107 cm³/mol. The minimum Gasteiger partial charge on any atom is -0.309 e. The number of rotatable bonds is 6. The Hall–Kier alpha value is -2.61. The molecule has 2 nitrogen and oxygen atoms in total. The van der Waals surface area contributed by atoms with E-state index in [0.29, 0.717) is 0 Å². The van der Waals surface area contributed by atoms with Gasteiger partial charge in [0.2, 0.25) is 0 Å². The quantitative estimate of drug-likeness (QED) is 0.512. The fourth-order valence-corrected chi connectivity index (χ4v) is 2.93. The van der Waals surface area contributed by atoms with Gasteiger partial charge in [0.1, 0.15) is 0 Å². The summed E-state index contributed by atoms with van der Waals surface area (Å²) in [5, 5.41) is 0. The Labute approximate surface area is 151 Å². The Morgan fingerprint density at radius 1 is 0.760 bits per heavy atom. The Kier molecular flexibility index (Phi) is 5.49. The number of pyridine rings is 1. The first-order valence-corrected chi connectivity index (χ1v) is 9.06. The molecule has 0 aliphatic heterocycles. The van der Waals surface area contributed by atoms with Gasteiger partial charge in [-0.3, -0.25) is 4.98 Å². The van der Waals surface area contributed by atoms with Gasteiger partial charge in [0.15, 0.2) is 0 Å². The van der Waals surface area contributed by atoms with E-state index in [1.165, 1.54) is 24.0 Å². The zero-order valence-electron chi connectivity index (χ0n) is 15.4. The van der Waals surface area contributed by atoms with Gasteiger partial charge in [-0.2, -0.15) is 0 Å². The third-order valence-corrected chi connectivity index (χ3v) is 4.46. The van der Waals surface area contributed by atoms with Gasteiger partial charge < -0.3 is 4.90 Å². The molecule has 3 rings (SSSR count). The van der Waals surface area contributed by atoms with Gasteiger partial charge in [0, 0.05) is 17.1 Å². The first kappa shape index (κ1) is 17.2. The highest BCUT2D eigenvalue weighted by molar-refractivity contribution is 5.76. The average molecular weight is 330 g/mol. The lowest BCUT2D eigenvalue weighted by molar-refractivity contribution is 0.795. The third kappa shape index (κ3) is 4.27. The van der Waals surface area contributed by atoms with Crippen LogP contribution in [0.5, 0.6) is 0 Å². The summed E-state index contributed by atoms with van der Waals surface area (Å²) < 4.78 is 0. The highest BCUT2D eigenvalue weighted by Gasteiger charge is 2.12. The number of unbranched alkanes of at least 4 members (excludes halogenated alkanes) is 1. The van der Waals surface area contributed by atoms with Crippen LogP contribution in [0.2, 0.25) is 0 Å². The number of nitrogens with zero attached hydrogens (tertiary/aromatic N) is 2. The molecule has 0 unspecified atom stereocenters. The minimum atomic E-state index is 1.03. The number of anilines is 3. The van der Waals surface area contributed by atoms with Crippen LogP contribution >= 0.6 is 0 Å². The van der Waals surface area contributed by atoms with Crippen LogP contribution in [0.15, 0.2) is 66.9 Å². The van der Waals surface area contributed by atoms with Crippen molar-refractivity contribution in [3.05, 3.63) is 83.7 Å². The molecule has 0 N–H and O–H groups in total. The fraction of sp³-hybridized carbons (Fsp3) is 0.261. The number of hydrogen-bond acceptors (Lipinski definition) is 2. The van der Waals surface area contributed by atoms with Gasteiger partial charge >= 0.3 is 0 Å². The lowest BCUT2D eigenvalue weighted by Gasteiger charge is -2.25. The van der Waals surface area contributed by atoms with E-state index in [2.05, 4.69) is 84.4 Å². The van der Waals surface area contributed by atoms with Crippen LogP contribution in [-0.4, -0.2) is 4.98 Å². The zero-order chi connectivity index (χ0) is 17.6. The van der Waals surface area contributed by atoms with Gasteiger partial charge in [-0.15, -0.1) is 0 Å². The van der Waals surface area contributed by atoms with E-state index in [0.717, 1.165) is 29.2 Å². The molecule has 0 saturated carbocycles. The Bertz CT molecular complexity index is 742. The summed E-state index contributed by atoms with van der Waals surface area (Å²) in [7, 11) is 0. The predicted octanol–water partition coefficient (Wildman–Crippen LogP) is 6.51. The average Bonchev–Trinajstić information content (AvgIpc) is 2.64. The van der Waals surface area contributed by atoms with Crippen molar-refractivity contribution in [1.82, 2.24) is 4.98 Å². The van der Waals surface area contributed by atoms with Gasteiger partial charge in [-0.05, 0) is 68.7 Å². The van der Waals surface area contributed by atoms with Crippen molar-refractivity contribution in [3.63, 3.8) is 0 Å². The Balaban J connectivity index is 1.98. The molecule has 0 bridgehead atoms. The maximum absolute atomic E-state index is 4.48. The Morgan fingerprint density at radius 3 is 1.92 bits per heavy atom. The molecule has 0 aliphatic rings. The third-order valence-electron chi connectivity index (χ3n) is 4.46. The molecule has 1 aromatic heterocycles. The number of aryl methyl sites for hydroxylation is 3. The molecule has 25 heavy (non-hydrogen) atoms. The lowest BCUT2D eigenvalue weighted by Crippen LogP contribution is -2.10. The zero-order valence-corrected chi connectivity index (χ0v) is 15.4. The first-order valence-electron chi connectivity index (χ1n) is 9.06. The summed E-state index contributed by atoms with van der Waals surface area (Å²) in [5.74, 6) is 0. The van der Waals surface area contributed by atoms with Crippen LogP contribution in [-0.2, 0) is 6.42 Å². The van der Waals surface area contributed by atoms with Crippen LogP contribution in [0, 0.1) is 13.8 Å². The van der Waals surface area contributed by atoms with Crippen molar-refractivity contribution in [3.8, 4) is 0 Å². The molecular weight excluding hydrogens is 304 g/mol. The molecule has 0 aliphatic carbocycles. The summed E-state index contributed by atoms with van der Waals surface area (Å²) in [6, 6.07) is 21.7. The SMILES string of the molecule is CCCCc1ccc(N(c2ccc(C)cc2)c2ccc(C)nc2)cc1. The second-order valence-corrected chi connectivity index (χ2v) is 6.60. The van der Waals surface area contributed by atoms with Crippen LogP contribution in [0.4, 0.5) is 17.1 Å². The molecule has 0 saturated heterocycles. The molecular formula is C23H26N2. The number of aromatic nitrogens is 1. The van der Waals surface area contributed by atoms with Crippen LogP contribution in [0.1, 0.15) is 36.6 Å². The fourth-order valence-electron chi connectivity index (χ4n) is 2.93. The van der Waals surface area contributed by atoms with Crippen molar-refractivity contribution in [1.29, 1.82) is 0 Å². The van der Waals surface area contributed by atoms with E-state index in [-0.39, 0.29) is 0 Å². The second-order valence-electron chi connectivity index (χ2n) is 6.60. The van der Waals surface area contributed by atoms with E-state index in [4.69, 9.17) is 0 Å². The van der Waals surface area contributed by atoms with Crippen molar-refractivity contribution in [2.45, 2.75) is 40.0 Å². The molecule has 0 fully saturated rings. The summed E-state index contributed by atoms with van der Waals surface area (Å²) in [5.41, 5.74) is 7.09. The Morgan fingerprint density at radius 2 is 1.36 bits per heavy atom. The summed E-state index contributed by atoms with van der Waals surface area (Å²) in [6.07, 6.45) is 5.56. The van der Waals surface area contributed by atoms with E-state index < -0.39 is 0 Å². The van der Waals surface area contributed by atoms with Crippen molar-refractivity contribution >= 4 is 17.1 Å². The van der Waals surface area contributed by atoms with E-state index >= 15 is 0 Å². The standard InChI is InChI=1S/C23H26N2/c1-4-5-6-20-10-15-22(16-11-20)25(21-12-7-18(2)8-13-21)23-14-9-19(3)24-17-23/h7-17H,4-6H2,1-3H3. The highest BCUT2D eigenvalue weighted by atomic mass is 15.1. The normalized spacial score (nSPS) is 10.7. The summed E-state index contributed by atoms with van der Waals surface area (Å²) in [4.78, 5) is 6.74. The van der Waals surface area contributed by atoms with Gasteiger partial charge in [0.25, 0.3) is 0 Å². The van der Waals surface area contributed by atoms with Crippen molar-refractivity contribution in [2.24, 2.45) is 0 Å².